The number of ether oxygens (including phenoxy) is 1. The van der Waals surface area contributed by atoms with E-state index in [-0.39, 0.29) is 0 Å². The molecule has 0 aliphatic carbocycles. The van der Waals surface area contributed by atoms with E-state index >= 15 is 0 Å². The lowest BCUT2D eigenvalue weighted by Crippen LogP contribution is -2.06. The third kappa shape index (κ3) is 3.84. The van der Waals surface area contributed by atoms with Gasteiger partial charge in [0, 0.05) is 6.54 Å². The van der Waals surface area contributed by atoms with E-state index in [4.69, 9.17) is 4.74 Å². The van der Waals surface area contributed by atoms with Gasteiger partial charge >= 0.3 is 0 Å². The molecule has 20 heavy (non-hydrogen) atoms. The van der Waals surface area contributed by atoms with Crippen molar-refractivity contribution < 1.29 is 4.74 Å². The van der Waals surface area contributed by atoms with Crippen LogP contribution in [0, 0.1) is 0 Å². The maximum absolute atomic E-state index is 6.00. The fourth-order valence-corrected chi connectivity index (χ4v) is 2.28. The second-order valence-electron chi connectivity index (χ2n) is 5.33. The molecule has 0 fully saturated rings. The topological polar surface area (TPSA) is 21.3 Å². The molecule has 0 spiro atoms. The third-order valence-electron chi connectivity index (χ3n) is 3.31. The molecule has 0 unspecified atom stereocenters. The second kappa shape index (κ2) is 7.11. The van der Waals surface area contributed by atoms with E-state index in [0.29, 0.717) is 12.5 Å². The van der Waals surface area contributed by atoms with Crippen LogP contribution in [0.5, 0.6) is 5.75 Å². The molecule has 0 atom stereocenters. The summed E-state index contributed by atoms with van der Waals surface area (Å²) in [5.41, 5.74) is 3.75. The Kier molecular flexibility index (Phi) is 5.19. The molecule has 2 nitrogen and oxygen atoms in total. The lowest BCUT2D eigenvalue weighted by atomic mass is 10.0. The molecule has 0 radical (unpaired) electrons. The van der Waals surface area contributed by atoms with E-state index in [1.165, 1.54) is 16.7 Å². The number of rotatable bonds is 6. The zero-order valence-electron chi connectivity index (χ0n) is 12.5. The Morgan fingerprint density at radius 2 is 1.75 bits per heavy atom. The number of nitrogens with one attached hydrogen (secondary N) is 1. The summed E-state index contributed by atoms with van der Waals surface area (Å²) >= 11 is 0. The van der Waals surface area contributed by atoms with Crippen LogP contribution in [0.25, 0.3) is 0 Å². The van der Waals surface area contributed by atoms with Crippen LogP contribution in [-0.4, -0.2) is 7.05 Å². The molecule has 106 valence electrons. The highest BCUT2D eigenvalue weighted by molar-refractivity contribution is 5.36. The second-order valence-corrected chi connectivity index (χ2v) is 5.33. The van der Waals surface area contributed by atoms with Gasteiger partial charge in [0.15, 0.2) is 0 Å². The summed E-state index contributed by atoms with van der Waals surface area (Å²) in [5.74, 6) is 1.46. The van der Waals surface area contributed by atoms with Crippen LogP contribution in [0.3, 0.4) is 0 Å². The van der Waals surface area contributed by atoms with Crippen LogP contribution in [0.2, 0.25) is 0 Å². The fourth-order valence-electron chi connectivity index (χ4n) is 2.28. The zero-order chi connectivity index (χ0) is 14.4. The standard InChI is InChI=1S/C18H23NO/c1-14(2)17-9-4-5-10-18(17)20-13-16-8-6-7-15(11-16)12-19-3/h4-11,14,19H,12-13H2,1-3H3. The van der Waals surface area contributed by atoms with E-state index in [0.717, 1.165) is 12.3 Å². The van der Waals surface area contributed by atoms with Gasteiger partial charge in [-0.1, -0.05) is 56.3 Å². The Balaban J connectivity index is 2.07. The Bertz CT molecular complexity index is 549. The van der Waals surface area contributed by atoms with Crippen LogP contribution >= 0.6 is 0 Å². The Hall–Kier alpha value is -1.80. The van der Waals surface area contributed by atoms with Crippen molar-refractivity contribution in [3.8, 4) is 5.75 Å². The van der Waals surface area contributed by atoms with Gasteiger partial charge in [0.1, 0.15) is 12.4 Å². The first kappa shape index (κ1) is 14.6. The van der Waals surface area contributed by atoms with Gasteiger partial charge in [-0.2, -0.15) is 0 Å². The van der Waals surface area contributed by atoms with E-state index < -0.39 is 0 Å². The van der Waals surface area contributed by atoms with Crippen LogP contribution in [0.15, 0.2) is 48.5 Å². The molecule has 0 aliphatic heterocycles. The molecule has 0 bridgehead atoms. The fraction of sp³-hybridized carbons (Fsp3) is 0.333. The molecule has 2 heteroatoms. The van der Waals surface area contributed by atoms with Crippen molar-refractivity contribution >= 4 is 0 Å². The predicted molar refractivity (Wildman–Crippen MR) is 84.1 cm³/mol. The van der Waals surface area contributed by atoms with Crippen LogP contribution in [0.4, 0.5) is 0 Å². The predicted octanol–water partition coefficient (Wildman–Crippen LogP) is 4.11. The van der Waals surface area contributed by atoms with E-state index in [9.17, 15) is 0 Å². The quantitative estimate of drug-likeness (QED) is 0.852. The summed E-state index contributed by atoms with van der Waals surface area (Å²) in [6, 6.07) is 16.8. The first-order valence-corrected chi connectivity index (χ1v) is 7.15. The maximum atomic E-state index is 6.00. The van der Waals surface area contributed by atoms with Crippen molar-refractivity contribution in [1.29, 1.82) is 0 Å². The smallest absolute Gasteiger partial charge is 0.123 e. The van der Waals surface area contributed by atoms with Gasteiger partial charge in [-0.3, -0.25) is 0 Å². The van der Waals surface area contributed by atoms with Gasteiger partial charge in [0.05, 0.1) is 0 Å². The average molecular weight is 269 g/mol. The van der Waals surface area contributed by atoms with Crippen molar-refractivity contribution in [1.82, 2.24) is 5.32 Å². The van der Waals surface area contributed by atoms with Crippen LogP contribution in [0.1, 0.15) is 36.5 Å². The molecule has 0 aliphatic rings. The minimum atomic E-state index is 0.474. The number of hydrogen-bond acceptors (Lipinski definition) is 2. The first-order valence-electron chi connectivity index (χ1n) is 7.15. The van der Waals surface area contributed by atoms with Crippen LogP contribution in [-0.2, 0) is 13.2 Å². The molecule has 2 aromatic carbocycles. The summed E-state index contributed by atoms with van der Waals surface area (Å²) in [7, 11) is 1.96. The SMILES string of the molecule is CNCc1cccc(COc2ccccc2C(C)C)c1. The summed E-state index contributed by atoms with van der Waals surface area (Å²) in [5, 5.41) is 3.17. The highest BCUT2D eigenvalue weighted by atomic mass is 16.5. The van der Waals surface area contributed by atoms with Gasteiger partial charge in [0.2, 0.25) is 0 Å². The summed E-state index contributed by atoms with van der Waals surface area (Å²) < 4.78 is 6.00. The molecule has 0 saturated carbocycles. The van der Waals surface area contributed by atoms with E-state index in [2.05, 4.69) is 55.6 Å². The molecular formula is C18H23NO. The van der Waals surface area contributed by atoms with E-state index in [1.54, 1.807) is 0 Å². The van der Waals surface area contributed by atoms with Gasteiger partial charge in [0.25, 0.3) is 0 Å². The molecule has 0 heterocycles. The minimum Gasteiger partial charge on any atom is -0.489 e. The van der Waals surface area contributed by atoms with Crippen molar-refractivity contribution in [2.45, 2.75) is 32.9 Å². The largest absolute Gasteiger partial charge is 0.489 e. The van der Waals surface area contributed by atoms with Crippen molar-refractivity contribution in [3.63, 3.8) is 0 Å². The average Bonchev–Trinajstić information content (AvgIpc) is 2.46. The van der Waals surface area contributed by atoms with Crippen molar-refractivity contribution in [2.24, 2.45) is 0 Å². The van der Waals surface area contributed by atoms with Gasteiger partial charge in [-0.25, -0.2) is 0 Å². The summed E-state index contributed by atoms with van der Waals surface area (Å²) in [6.07, 6.45) is 0. The number of para-hydroxylation sites is 1. The zero-order valence-corrected chi connectivity index (χ0v) is 12.5. The molecule has 2 aromatic rings. The molecule has 1 N–H and O–H groups in total. The Morgan fingerprint density at radius 1 is 1.00 bits per heavy atom. The number of benzene rings is 2. The first-order chi connectivity index (χ1) is 9.70. The lowest BCUT2D eigenvalue weighted by molar-refractivity contribution is 0.301. The van der Waals surface area contributed by atoms with Crippen molar-refractivity contribution in [2.75, 3.05) is 7.05 Å². The summed E-state index contributed by atoms with van der Waals surface area (Å²) in [6.45, 7) is 5.88. The summed E-state index contributed by atoms with van der Waals surface area (Å²) in [4.78, 5) is 0. The maximum Gasteiger partial charge on any atom is 0.123 e. The Labute approximate surface area is 121 Å². The highest BCUT2D eigenvalue weighted by Crippen LogP contribution is 2.26. The molecule has 0 saturated heterocycles. The van der Waals surface area contributed by atoms with E-state index in [1.807, 2.05) is 19.2 Å². The minimum absolute atomic E-state index is 0.474. The van der Waals surface area contributed by atoms with Crippen LogP contribution < -0.4 is 10.1 Å². The molecular weight excluding hydrogens is 246 g/mol. The molecule has 0 aromatic heterocycles. The molecule has 0 amide bonds. The highest BCUT2D eigenvalue weighted by Gasteiger charge is 2.07. The third-order valence-corrected chi connectivity index (χ3v) is 3.31. The Morgan fingerprint density at radius 3 is 2.50 bits per heavy atom. The number of hydrogen-bond donors (Lipinski definition) is 1. The molecule has 2 rings (SSSR count). The normalized spacial score (nSPS) is 10.8. The van der Waals surface area contributed by atoms with Gasteiger partial charge in [-0.15, -0.1) is 0 Å². The van der Waals surface area contributed by atoms with Gasteiger partial charge < -0.3 is 10.1 Å². The monoisotopic (exact) mass is 269 g/mol. The van der Waals surface area contributed by atoms with Gasteiger partial charge in [-0.05, 0) is 35.7 Å². The lowest BCUT2D eigenvalue weighted by Gasteiger charge is -2.14. The van der Waals surface area contributed by atoms with Crippen molar-refractivity contribution in [3.05, 3.63) is 65.2 Å².